The van der Waals surface area contributed by atoms with E-state index in [2.05, 4.69) is 16.6 Å². The van der Waals surface area contributed by atoms with Crippen molar-refractivity contribution in [2.75, 3.05) is 7.05 Å². The van der Waals surface area contributed by atoms with E-state index in [0.717, 1.165) is 25.0 Å². The lowest BCUT2D eigenvalue weighted by Gasteiger charge is -1.98. The number of hydrogen-bond acceptors (Lipinski definition) is 3. The molecule has 1 rings (SSSR count). The standard InChI is InChI=1S/C7H11N3/c1-9-10-7-4-2-3-6(7)5-8/h6,9H,2-4H2,1H3/b10-7+. The Morgan fingerprint density at radius 2 is 2.60 bits per heavy atom. The zero-order valence-electron chi connectivity index (χ0n) is 6.09. The second-order valence-corrected chi connectivity index (χ2v) is 2.40. The molecular formula is C7H11N3. The monoisotopic (exact) mass is 137 g/mol. The Labute approximate surface area is 60.7 Å². The number of nitrogens with zero attached hydrogens (tertiary/aromatic N) is 2. The minimum atomic E-state index is 0.0763. The molecule has 1 N–H and O–H groups in total. The molecule has 10 heavy (non-hydrogen) atoms. The van der Waals surface area contributed by atoms with Crippen molar-refractivity contribution < 1.29 is 0 Å². The molecule has 1 aliphatic rings. The largest absolute Gasteiger partial charge is 0.313 e. The molecule has 0 bridgehead atoms. The molecule has 1 fully saturated rings. The molecule has 1 unspecified atom stereocenters. The van der Waals surface area contributed by atoms with Crippen LogP contribution in [0.3, 0.4) is 0 Å². The van der Waals surface area contributed by atoms with E-state index >= 15 is 0 Å². The van der Waals surface area contributed by atoms with Gasteiger partial charge in [0.05, 0.1) is 17.7 Å². The third kappa shape index (κ3) is 1.27. The van der Waals surface area contributed by atoms with Crippen LogP contribution < -0.4 is 5.43 Å². The van der Waals surface area contributed by atoms with E-state index in [-0.39, 0.29) is 5.92 Å². The van der Waals surface area contributed by atoms with Crippen LogP contribution >= 0.6 is 0 Å². The van der Waals surface area contributed by atoms with Crippen LogP contribution in [0.15, 0.2) is 5.10 Å². The first-order chi connectivity index (χ1) is 4.88. The van der Waals surface area contributed by atoms with Gasteiger partial charge in [0.2, 0.25) is 0 Å². The summed E-state index contributed by atoms with van der Waals surface area (Å²) in [6.45, 7) is 0. The Balaban J connectivity index is 2.60. The lowest BCUT2D eigenvalue weighted by molar-refractivity contribution is 0.791. The third-order valence-electron chi connectivity index (χ3n) is 1.74. The quantitative estimate of drug-likeness (QED) is 0.545. The van der Waals surface area contributed by atoms with Crippen molar-refractivity contribution in [3.63, 3.8) is 0 Å². The fourth-order valence-corrected chi connectivity index (χ4v) is 1.24. The Morgan fingerprint density at radius 3 is 3.20 bits per heavy atom. The predicted molar refractivity (Wildman–Crippen MR) is 39.4 cm³/mol. The molecule has 54 valence electrons. The fraction of sp³-hybridized carbons (Fsp3) is 0.714. The molecule has 0 saturated heterocycles. The Kier molecular flexibility index (Phi) is 2.27. The van der Waals surface area contributed by atoms with Gasteiger partial charge in [-0.1, -0.05) is 0 Å². The van der Waals surface area contributed by atoms with E-state index in [4.69, 9.17) is 5.26 Å². The van der Waals surface area contributed by atoms with Gasteiger partial charge in [-0.05, 0) is 19.3 Å². The minimum absolute atomic E-state index is 0.0763. The maximum atomic E-state index is 8.60. The van der Waals surface area contributed by atoms with E-state index in [1.807, 2.05) is 0 Å². The highest BCUT2D eigenvalue weighted by Gasteiger charge is 2.21. The average Bonchev–Trinajstić information content (AvgIpc) is 2.36. The van der Waals surface area contributed by atoms with Crippen LogP contribution in [-0.4, -0.2) is 12.8 Å². The lowest BCUT2D eigenvalue weighted by Crippen LogP contribution is -2.08. The maximum absolute atomic E-state index is 8.60. The summed E-state index contributed by atoms with van der Waals surface area (Å²) in [4.78, 5) is 0. The van der Waals surface area contributed by atoms with Gasteiger partial charge in [0.25, 0.3) is 0 Å². The van der Waals surface area contributed by atoms with E-state index < -0.39 is 0 Å². The summed E-state index contributed by atoms with van der Waals surface area (Å²) in [7, 11) is 1.76. The molecular weight excluding hydrogens is 126 g/mol. The van der Waals surface area contributed by atoms with Crippen molar-refractivity contribution in [2.24, 2.45) is 11.0 Å². The van der Waals surface area contributed by atoms with Crippen LogP contribution in [0.1, 0.15) is 19.3 Å². The molecule has 1 atom stereocenters. The summed E-state index contributed by atoms with van der Waals surface area (Å²) in [6, 6.07) is 2.23. The number of nitriles is 1. The van der Waals surface area contributed by atoms with Crippen molar-refractivity contribution in [2.45, 2.75) is 19.3 Å². The summed E-state index contributed by atoms with van der Waals surface area (Å²) in [5.74, 6) is 0.0763. The van der Waals surface area contributed by atoms with Crippen molar-refractivity contribution in [1.29, 1.82) is 5.26 Å². The van der Waals surface area contributed by atoms with Crippen LogP contribution in [0.5, 0.6) is 0 Å². The van der Waals surface area contributed by atoms with Crippen molar-refractivity contribution in [1.82, 2.24) is 5.43 Å². The number of nitrogens with one attached hydrogen (secondary N) is 1. The van der Waals surface area contributed by atoms with E-state index in [1.54, 1.807) is 7.05 Å². The highest BCUT2D eigenvalue weighted by molar-refractivity contribution is 5.90. The molecule has 0 aromatic rings. The van der Waals surface area contributed by atoms with Crippen LogP contribution in [0.4, 0.5) is 0 Å². The average molecular weight is 137 g/mol. The summed E-state index contributed by atoms with van der Waals surface area (Å²) in [5.41, 5.74) is 3.73. The fourth-order valence-electron chi connectivity index (χ4n) is 1.24. The molecule has 0 aromatic heterocycles. The maximum Gasteiger partial charge on any atom is 0.0863 e. The van der Waals surface area contributed by atoms with Gasteiger partial charge in [0.15, 0.2) is 0 Å². The molecule has 0 heterocycles. The normalized spacial score (nSPS) is 28.4. The topological polar surface area (TPSA) is 48.2 Å². The minimum Gasteiger partial charge on any atom is -0.313 e. The van der Waals surface area contributed by atoms with Gasteiger partial charge in [0.1, 0.15) is 0 Å². The van der Waals surface area contributed by atoms with Gasteiger partial charge in [-0.25, -0.2) is 0 Å². The molecule has 0 radical (unpaired) electrons. The molecule has 3 heteroatoms. The zero-order chi connectivity index (χ0) is 7.40. The van der Waals surface area contributed by atoms with Crippen LogP contribution in [0.2, 0.25) is 0 Å². The first-order valence-corrected chi connectivity index (χ1v) is 3.51. The summed E-state index contributed by atoms with van der Waals surface area (Å²) < 4.78 is 0. The molecule has 3 nitrogen and oxygen atoms in total. The molecule has 1 aliphatic carbocycles. The second-order valence-electron chi connectivity index (χ2n) is 2.40. The zero-order valence-corrected chi connectivity index (χ0v) is 6.09. The van der Waals surface area contributed by atoms with Crippen LogP contribution in [0, 0.1) is 17.2 Å². The van der Waals surface area contributed by atoms with Crippen LogP contribution in [-0.2, 0) is 0 Å². The van der Waals surface area contributed by atoms with E-state index in [1.165, 1.54) is 0 Å². The first-order valence-electron chi connectivity index (χ1n) is 3.51. The molecule has 0 amide bonds. The first kappa shape index (κ1) is 7.07. The van der Waals surface area contributed by atoms with Crippen molar-refractivity contribution >= 4 is 5.71 Å². The lowest BCUT2D eigenvalue weighted by atomic mass is 10.1. The molecule has 0 aliphatic heterocycles. The van der Waals surface area contributed by atoms with Gasteiger partial charge in [0, 0.05) is 7.05 Å². The SMILES string of the molecule is CN/N=C1\CCCC1C#N. The molecule has 0 spiro atoms. The van der Waals surface area contributed by atoms with Gasteiger partial charge in [-0.15, -0.1) is 0 Å². The number of rotatable bonds is 1. The highest BCUT2D eigenvalue weighted by atomic mass is 15.3. The smallest absolute Gasteiger partial charge is 0.0863 e. The summed E-state index contributed by atoms with van der Waals surface area (Å²) in [6.07, 6.45) is 3.08. The van der Waals surface area contributed by atoms with Gasteiger partial charge < -0.3 is 5.43 Å². The van der Waals surface area contributed by atoms with Gasteiger partial charge in [-0.2, -0.15) is 10.4 Å². The highest BCUT2D eigenvalue weighted by Crippen LogP contribution is 2.21. The molecule has 1 saturated carbocycles. The van der Waals surface area contributed by atoms with Gasteiger partial charge >= 0.3 is 0 Å². The van der Waals surface area contributed by atoms with Crippen LogP contribution in [0.25, 0.3) is 0 Å². The van der Waals surface area contributed by atoms with Crippen molar-refractivity contribution in [3.05, 3.63) is 0 Å². The Bertz CT molecular complexity index is 178. The van der Waals surface area contributed by atoms with E-state index in [0.29, 0.717) is 0 Å². The summed E-state index contributed by atoms with van der Waals surface area (Å²) >= 11 is 0. The second kappa shape index (κ2) is 3.21. The summed E-state index contributed by atoms with van der Waals surface area (Å²) in [5, 5.41) is 12.6. The Morgan fingerprint density at radius 1 is 1.80 bits per heavy atom. The molecule has 0 aromatic carbocycles. The van der Waals surface area contributed by atoms with Crippen molar-refractivity contribution in [3.8, 4) is 6.07 Å². The Hall–Kier alpha value is -1.04. The van der Waals surface area contributed by atoms with E-state index in [9.17, 15) is 0 Å². The predicted octanol–water partition coefficient (Wildman–Crippen LogP) is 0.885. The number of hydrogen-bond donors (Lipinski definition) is 1. The number of hydrazone groups is 1. The van der Waals surface area contributed by atoms with Gasteiger partial charge in [-0.3, -0.25) is 0 Å². The third-order valence-corrected chi connectivity index (χ3v) is 1.74.